The molecule has 1 N–H and O–H groups in total. The molecule has 6 heteroatoms. The largest absolute Gasteiger partial charge is 0.366 e. The quantitative estimate of drug-likeness (QED) is 0.900. The van der Waals surface area contributed by atoms with Crippen molar-refractivity contribution in [2.45, 2.75) is 32.5 Å². The minimum atomic E-state index is -0.433. The topological polar surface area (TPSA) is 59.4 Å². The Kier molecular flexibility index (Phi) is 5.50. The molecule has 1 aromatic heterocycles. The van der Waals surface area contributed by atoms with Crippen molar-refractivity contribution in [1.29, 1.82) is 0 Å². The summed E-state index contributed by atoms with van der Waals surface area (Å²) in [6.07, 6.45) is 1.51. The van der Waals surface area contributed by atoms with Crippen LogP contribution in [0.25, 0.3) is 0 Å². The van der Waals surface area contributed by atoms with Crippen LogP contribution in [-0.4, -0.2) is 46.4 Å². The molecule has 0 saturated carbocycles. The molecule has 0 bridgehead atoms. The Bertz CT molecular complexity index is 713. The lowest BCUT2D eigenvalue weighted by Gasteiger charge is -2.32. The fourth-order valence-corrected chi connectivity index (χ4v) is 3.27. The van der Waals surface area contributed by atoms with Crippen LogP contribution < -0.4 is 5.32 Å². The predicted molar refractivity (Wildman–Crippen MR) is 96.0 cm³/mol. The van der Waals surface area contributed by atoms with Crippen molar-refractivity contribution >= 4 is 5.91 Å². The standard InChI is InChI=1S/C19H26N4O2/c1-14(17-12-22(3)21-15(17)2)20-19(24)18-13-23(9-10-25-18)11-16-7-5-4-6-8-16/h4-8,12,14,18H,9-11,13H2,1-3H3,(H,20,24)/t14-,18+/m1/s1. The van der Waals surface area contributed by atoms with Crippen LogP contribution in [0.5, 0.6) is 0 Å². The molecule has 2 heterocycles. The molecule has 3 rings (SSSR count). The number of carbonyl (C=O) groups excluding carboxylic acids is 1. The first-order valence-electron chi connectivity index (χ1n) is 8.71. The minimum Gasteiger partial charge on any atom is -0.366 e. The van der Waals surface area contributed by atoms with Gasteiger partial charge in [-0.3, -0.25) is 14.4 Å². The molecule has 0 radical (unpaired) electrons. The summed E-state index contributed by atoms with van der Waals surface area (Å²) in [4.78, 5) is 14.9. The Balaban J connectivity index is 1.57. The summed E-state index contributed by atoms with van der Waals surface area (Å²) in [5.41, 5.74) is 3.22. The Morgan fingerprint density at radius 3 is 2.84 bits per heavy atom. The van der Waals surface area contributed by atoms with Gasteiger partial charge in [-0.15, -0.1) is 0 Å². The van der Waals surface area contributed by atoms with Gasteiger partial charge in [0.25, 0.3) is 5.91 Å². The number of hydrogen-bond acceptors (Lipinski definition) is 4. The average Bonchev–Trinajstić information content (AvgIpc) is 2.94. The van der Waals surface area contributed by atoms with Crippen molar-refractivity contribution in [2.75, 3.05) is 19.7 Å². The number of carbonyl (C=O) groups is 1. The minimum absolute atomic E-state index is 0.0616. The van der Waals surface area contributed by atoms with Crippen LogP contribution in [0.1, 0.15) is 29.8 Å². The van der Waals surface area contributed by atoms with Gasteiger partial charge in [0.2, 0.25) is 0 Å². The summed E-state index contributed by atoms with van der Waals surface area (Å²) in [5.74, 6) is -0.0616. The number of amides is 1. The van der Waals surface area contributed by atoms with Crippen molar-refractivity contribution in [1.82, 2.24) is 20.0 Å². The van der Waals surface area contributed by atoms with Gasteiger partial charge in [-0.25, -0.2) is 0 Å². The van der Waals surface area contributed by atoms with Crippen LogP contribution in [0.3, 0.4) is 0 Å². The number of nitrogens with one attached hydrogen (secondary N) is 1. The third-order valence-electron chi connectivity index (χ3n) is 4.57. The molecule has 0 spiro atoms. The second-order valence-corrected chi connectivity index (χ2v) is 6.65. The van der Waals surface area contributed by atoms with Crippen molar-refractivity contribution in [3.63, 3.8) is 0 Å². The van der Waals surface area contributed by atoms with Crippen LogP contribution in [0.2, 0.25) is 0 Å². The normalized spacial score (nSPS) is 19.6. The summed E-state index contributed by atoms with van der Waals surface area (Å²) in [6, 6.07) is 10.2. The maximum atomic E-state index is 12.6. The smallest absolute Gasteiger partial charge is 0.250 e. The highest BCUT2D eigenvalue weighted by molar-refractivity contribution is 5.81. The summed E-state index contributed by atoms with van der Waals surface area (Å²) in [6.45, 7) is 6.80. The fraction of sp³-hybridized carbons (Fsp3) is 0.474. The number of nitrogens with zero attached hydrogens (tertiary/aromatic N) is 3. The number of ether oxygens (including phenoxy) is 1. The van der Waals surface area contributed by atoms with Crippen LogP contribution in [0, 0.1) is 6.92 Å². The van der Waals surface area contributed by atoms with Crippen LogP contribution in [-0.2, 0) is 23.1 Å². The lowest BCUT2D eigenvalue weighted by atomic mass is 10.1. The van der Waals surface area contributed by atoms with E-state index in [9.17, 15) is 4.79 Å². The van der Waals surface area contributed by atoms with Crippen molar-refractivity contribution in [3.8, 4) is 0 Å². The first kappa shape index (κ1) is 17.6. The van der Waals surface area contributed by atoms with Gasteiger partial charge in [0, 0.05) is 38.4 Å². The zero-order chi connectivity index (χ0) is 17.8. The van der Waals surface area contributed by atoms with Gasteiger partial charge in [-0.1, -0.05) is 30.3 Å². The molecule has 2 atom stereocenters. The lowest BCUT2D eigenvalue weighted by Crippen LogP contribution is -2.49. The molecule has 1 saturated heterocycles. The SMILES string of the molecule is Cc1nn(C)cc1[C@@H](C)NC(=O)[C@@H]1CN(Cc2ccccc2)CCO1. The molecule has 134 valence electrons. The highest BCUT2D eigenvalue weighted by Gasteiger charge is 2.28. The molecule has 0 unspecified atom stereocenters. The highest BCUT2D eigenvalue weighted by atomic mass is 16.5. The van der Waals surface area contributed by atoms with E-state index in [1.807, 2.05) is 45.3 Å². The zero-order valence-electron chi connectivity index (χ0n) is 15.1. The van der Waals surface area contributed by atoms with E-state index in [0.29, 0.717) is 13.2 Å². The van der Waals surface area contributed by atoms with E-state index in [1.54, 1.807) is 4.68 Å². The molecule has 2 aromatic rings. The van der Waals surface area contributed by atoms with Gasteiger partial charge in [-0.2, -0.15) is 5.10 Å². The first-order valence-corrected chi connectivity index (χ1v) is 8.71. The third-order valence-corrected chi connectivity index (χ3v) is 4.57. The Morgan fingerprint density at radius 2 is 2.16 bits per heavy atom. The van der Waals surface area contributed by atoms with Gasteiger partial charge in [0.05, 0.1) is 18.3 Å². The number of aromatic nitrogens is 2. The van der Waals surface area contributed by atoms with Gasteiger partial charge in [0.15, 0.2) is 0 Å². The number of aryl methyl sites for hydroxylation is 2. The highest BCUT2D eigenvalue weighted by Crippen LogP contribution is 2.17. The van der Waals surface area contributed by atoms with E-state index < -0.39 is 6.10 Å². The van der Waals surface area contributed by atoms with Crippen LogP contribution >= 0.6 is 0 Å². The number of rotatable bonds is 5. The van der Waals surface area contributed by atoms with Crippen LogP contribution in [0.4, 0.5) is 0 Å². The molecule has 1 aliphatic heterocycles. The van der Waals surface area contributed by atoms with E-state index in [1.165, 1.54) is 5.56 Å². The van der Waals surface area contributed by atoms with Crippen molar-refractivity contribution in [2.24, 2.45) is 7.05 Å². The molecule has 1 aromatic carbocycles. The van der Waals surface area contributed by atoms with Crippen LogP contribution in [0.15, 0.2) is 36.5 Å². The Labute approximate surface area is 148 Å². The lowest BCUT2D eigenvalue weighted by molar-refractivity contribution is -0.139. The monoisotopic (exact) mass is 342 g/mol. The molecular weight excluding hydrogens is 316 g/mol. The number of hydrogen-bond donors (Lipinski definition) is 1. The van der Waals surface area contributed by atoms with Gasteiger partial charge in [0.1, 0.15) is 6.10 Å². The second kappa shape index (κ2) is 7.80. The van der Waals surface area contributed by atoms with Gasteiger partial charge in [-0.05, 0) is 19.4 Å². The van der Waals surface area contributed by atoms with Crippen molar-refractivity contribution in [3.05, 3.63) is 53.3 Å². The predicted octanol–water partition coefficient (Wildman–Crippen LogP) is 1.81. The third kappa shape index (κ3) is 4.46. The molecule has 0 aliphatic carbocycles. The van der Waals surface area contributed by atoms with E-state index in [4.69, 9.17) is 4.74 Å². The molecular formula is C19H26N4O2. The van der Waals surface area contributed by atoms with Gasteiger partial charge >= 0.3 is 0 Å². The average molecular weight is 342 g/mol. The van der Waals surface area contributed by atoms with E-state index in [-0.39, 0.29) is 11.9 Å². The molecule has 25 heavy (non-hydrogen) atoms. The fourth-order valence-electron chi connectivity index (χ4n) is 3.27. The molecule has 1 amide bonds. The second-order valence-electron chi connectivity index (χ2n) is 6.65. The molecule has 1 aliphatic rings. The maximum absolute atomic E-state index is 12.6. The van der Waals surface area contributed by atoms with E-state index in [0.717, 1.165) is 24.3 Å². The number of morpholine rings is 1. The maximum Gasteiger partial charge on any atom is 0.250 e. The molecule has 6 nitrogen and oxygen atoms in total. The summed E-state index contributed by atoms with van der Waals surface area (Å²) in [5, 5.41) is 7.40. The summed E-state index contributed by atoms with van der Waals surface area (Å²) >= 11 is 0. The summed E-state index contributed by atoms with van der Waals surface area (Å²) < 4.78 is 7.48. The number of benzene rings is 1. The molecule has 1 fully saturated rings. The van der Waals surface area contributed by atoms with E-state index in [2.05, 4.69) is 27.4 Å². The summed E-state index contributed by atoms with van der Waals surface area (Å²) in [7, 11) is 1.89. The van der Waals surface area contributed by atoms with Crippen molar-refractivity contribution < 1.29 is 9.53 Å². The van der Waals surface area contributed by atoms with E-state index >= 15 is 0 Å². The Morgan fingerprint density at radius 1 is 1.40 bits per heavy atom. The van der Waals surface area contributed by atoms with Gasteiger partial charge < -0.3 is 10.1 Å². The zero-order valence-corrected chi connectivity index (χ0v) is 15.1. The Hall–Kier alpha value is -2.18. The first-order chi connectivity index (χ1) is 12.0.